The van der Waals surface area contributed by atoms with E-state index >= 15 is 0 Å². The van der Waals surface area contributed by atoms with Crippen molar-refractivity contribution >= 4 is 23.1 Å². The summed E-state index contributed by atoms with van der Waals surface area (Å²) in [5.41, 5.74) is 12.8. The third-order valence-corrected chi connectivity index (χ3v) is 6.68. The summed E-state index contributed by atoms with van der Waals surface area (Å²) < 4.78 is 9.05. The Hall–Kier alpha value is -4.92. The van der Waals surface area contributed by atoms with Gasteiger partial charge in [0, 0.05) is 43.3 Å². The van der Waals surface area contributed by atoms with Gasteiger partial charge in [-0.3, -0.25) is 4.79 Å². The average Bonchev–Trinajstić information content (AvgIpc) is 3.53. The largest absolute Gasteiger partial charge is 0.511 e. The first-order valence-electron chi connectivity index (χ1n) is 12.7. The van der Waals surface area contributed by atoms with Gasteiger partial charge < -0.3 is 24.7 Å². The summed E-state index contributed by atoms with van der Waals surface area (Å²) in [5.74, 6) is 0.942. The number of primary amides is 1. The number of carboxylic acid groups (broad SMARTS) is 1. The van der Waals surface area contributed by atoms with Crippen molar-refractivity contribution in [1.82, 2.24) is 19.1 Å². The minimum atomic E-state index is -1.34. The lowest BCUT2D eigenvalue weighted by Gasteiger charge is -2.12. The van der Waals surface area contributed by atoms with Gasteiger partial charge in [-0.05, 0) is 41.8 Å². The lowest BCUT2D eigenvalue weighted by atomic mass is 10.0. The van der Waals surface area contributed by atoms with Gasteiger partial charge in [0.25, 0.3) is 0 Å². The van der Waals surface area contributed by atoms with E-state index in [1.54, 1.807) is 18.5 Å². The number of imidazole rings is 2. The fourth-order valence-electron chi connectivity index (χ4n) is 4.77. The highest BCUT2D eigenvalue weighted by atomic mass is 16.7. The van der Waals surface area contributed by atoms with Gasteiger partial charge in [0.1, 0.15) is 11.6 Å². The van der Waals surface area contributed by atoms with Crippen LogP contribution in [0.4, 0.5) is 4.79 Å². The molecule has 39 heavy (non-hydrogen) atoms. The van der Waals surface area contributed by atoms with Gasteiger partial charge in [0.05, 0.1) is 23.1 Å². The Kier molecular flexibility index (Phi) is 7.14. The molecule has 3 aromatic carbocycles. The molecule has 1 amide bonds. The van der Waals surface area contributed by atoms with Crippen LogP contribution in [-0.4, -0.2) is 36.3 Å². The number of rotatable bonds is 9. The molecule has 2 heterocycles. The number of carbonyl (C=O) groups excluding carboxylic acids is 1. The van der Waals surface area contributed by atoms with Crippen molar-refractivity contribution in [3.8, 4) is 28.1 Å². The number of aromatic nitrogens is 4. The lowest BCUT2D eigenvalue weighted by molar-refractivity contribution is -0.118. The normalized spacial score (nSPS) is 11.1. The molecule has 0 atom stereocenters. The minimum Gasteiger partial charge on any atom is -0.449 e. The molecule has 0 unspecified atom stereocenters. The Morgan fingerprint density at radius 1 is 1.05 bits per heavy atom. The summed E-state index contributed by atoms with van der Waals surface area (Å²) >= 11 is 0. The molecule has 0 bridgehead atoms. The number of para-hydroxylation sites is 1. The summed E-state index contributed by atoms with van der Waals surface area (Å²) in [4.78, 5) is 31.7. The molecule has 0 spiro atoms. The highest BCUT2D eigenvalue weighted by Crippen LogP contribution is 2.31. The van der Waals surface area contributed by atoms with Crippen molar-refractivity contribution in [2.75, 3.05) is 0 Å². The van der Waals surface area contributed by atoms with E-state index in [0.29, 0.717) is 24.4 Å². The van der Waals surface area contributed by atoms with E-state index < -0.39 is 6.16 Å². The van der Waals surface area contributed by atoms with E-state index in [9.17, 15) is 9.59 Å². The fourth-order valence-corrected chi connectivity index (χ4v) is 4.77. The maximum atomic E-state index is 11.2. The summed E-state index contributed by atoms with van der Waals surface area (Å²) in [6.45, 7) is 5.27. The van der Waals surface area contributed by atoms with Crippen LogP contribution in [0.5, 0.6) is 5.75 Å². The molecule has 0 aliphatic heterocycles. The van der Waals surface area contributed by atoms with Crippen molar-refractivity contribution in [3.63, 3.8) is 0 Å². The second kappa shape index (κ2) is 10.8. The second-order valence-corrected chi connectivity index (χ2v) is 9.40. The Morgan fingerprint density at radius 3 is 2.54 bits per heavy atom. The zero-order valence-electron chi connectivity index (χ0n) is 21.8. The lowest BCUT2D eigenvalue weighted by Crippen LogP contribution is -2.13. The van der Waals surface area contributed by atoms with Crippen molar-refractivity contribution < 1.29 is 19.4 Å². The number of fused-ring (bicyclic) bond motifs is 1. The highest BCUT2D eigenvalue weighted by Gasteiger charge is 2.16. The molecule has 2 aromatic heterocycles. The van der Waals surface area contributed by atoms with E-state index in [-0.39, 0.29) is 12.3 Å². The quantitative estimate of drug-likeness (QED) is 0.196. The first kappa shape index (κ1) is 25.7. The van der Waals surface area contributed by atoms with E-state index in [1.807, 2.05) is 47.2 Å². The van der Waals surface area contributed by atoms with Gasteiger partial charge in [-0.15, -0.1) is 0 Å². The number of nitrogens with two attached hydrogens (primary N) is 1. The molecule has 5 rings (SSSR count). The van der Waals surface area contributed by atoms with E-state index in [2.05, 4.69) is 35.5 Å². The van der Waals surface area contributed by atoms with E-state index in [4.69, 9.17) is 20.6 Å². The van der Waals surface area contributed by atoms with E-state index in [0.717, 1.165) is 51.2 Å². The Balaban J connectivity index is 1.46. The maximum absolute atomic E-state index is 11.2. The van der Waals surface area contributed by atoms with Gasteiger partial charge in [0.2, 0.25) is 5.91 Å². The van der Waals surface area contributed by atoms with Crippen LogP contribution in [-0.2, 0) is 24.3 Å². The van der Waals surface area contributed by atoms with Gasteiger partial charge >= 0.3 is 6.16 Å². The molecule has 9 heteroatoms. The van der Waals surface area contributed by atoms with Gasteiger partial charge in [-0.1, -0.05) is 49.4 Å². The van der Waals surface area contributed by atoms with Crippen molar-refractivity contribution in [1.29, 1.82) is 0 Å². The monoisotopic (exact) mass is 523 g/mol. The molecule has 0 saturated heterocycles. The number of amides is 1. The van der Waals surface area contributed by atoms with E-state index in [1.165, 1.54) is 0 Å². The van der Waals surface area contributed by atoms with Gasteiger partial charge in [0.15, 0.2) is 0 Å². The highest BCUT2D eigenvalue weighted by molar-refractivity contribution is 5.85. The smallest absolute Gasteiger partial charge is 0.449 e. The van der Waals surface area contributed by atoms with Crippen LogP contribution >= 0.6 is 0 Å². The molecule has 0 aliphatic rings. The molecule has 0 saturated carbocycles. The zero-order valence-corrected chi connectivity index (χ0v) is 21.8. The minimum absolute atomic E-state index is 0.261. The van der Waals surface area contributed by atoms with Crippen LogP contribution in [0, 0.1) is 6.92 Å². The van der Waals surface area contributed by atoms with Crippen molar-refractivity contribution in [2.45, 2.75) is 39.8 Å². The molecule has 3 N–H and O–H groups in total. The van der Waals surface area contributed by atoms with Gasteiger partial charge in [-0.2, -0.15) is 0 Å². The van der Waals surface area contributed by atoms with Crippen LogP contribution in [0.1, 0.15) is 30.3 Å². The molecule has 198 valence electrons. The SMILES string of the molecule is CCc1nc2c(C)cc(-c3cn(CCC(N)=O)cn3)cc2n1Cc1ccc(-c2ccccc2OC(=O)O)cc1. The van der Waals surface area contributed by atoms with Crippen LogP contribution < -0.4 is 10.5 Å². The predicted octanol–water partition coefficient (Wildman–Crippen LogP) is 5.42. The number of nitrogens with zero attached hydrogens (tertiary/aromatic N) is 4. The van der Waals surface area contributed by atoms with Crippen LogP contribution in [0.3, 0.4) is 0 Å². The standard InChI is InChI=1S/C30H29N5O4/c1-3-28-33-29-19(2)14-22(24-17-34(18-32-24)13-12-27(31)36)15-25(29)35(28)16-20-8-10-21(11-9-20)23-6-4-5-7-26(23)39-30(37)38/h4-11,14-15,17-18H,3,12-13,16H2,1-2H3,(H2,31,36)(H,37,38). The summed E-state index contributed by atoms with van der Waals surface area (Å²) in [6.07, 6.45) is 3.34. The Morgan fingerprint density at radius 2 is 1.82 bits per heavy atom. The summed E-state index contributed by atoms with van der Waals surface area (Å²) in [5, 5.41) is 9.07. The molecule has 5 aromatic rings. The molecule has 0 fully saturated rings. The third kappa shape index (κ3) is 5.52. The Bertz CT molecular complexity index is 1670. The first-order valence-corrected chi connectivity index (χ1v) is 12.7. The van der Waals surface area contributed by atoms with Crippen LogP contribution in [0.15, 0.2) is 73.2 Å². The number of aryl methyl sites for hydroxylation is 3. The van der Waals surface area contributed by atoms with Crippen molar-refractivity contribution in [3.05, 3.63) is 90.1 Å². The molecular formula is C30H29N5O4. The first-order chi connectivity index (χ1) is 18.8. The average molecular weight is 524 g/mol. The third-order valence-electron chi connectivity index (χ3n) is 6.68. The predicted molar refractivity (Wildman–Crippen MR) is 149 cm³/mol. The molecule has 0 radical (unpaired) electrons. The van der Waals surface area contributed by atoms with Crippen molar-refractivity contribution in [2.24, 2.45) is 5.73 Å². The molecular weight excluding hydrogens is 494 g/mol. The van der Waals surface area contributed by atoms with Crippen LogP contribution in [0.2, 0.25) is 0 Å². The zero-order chi connectivity index (χ0) is 27.5. The maximum Gasteiger partial charge on any atom is 0.511 e. The number of carbonyl (C=O) groups is 2. The topological polar surface area (TPSA) is 125 Å². The van der Waals surface area contributed by atoms with Gasteiger partial charge in [-0.25, -0.2) is 14.8 Å². The number of ether oxygens (including phenoxy) is 1. The molecule has 0 aliphatic carbocycles. The van der Waals surface area contributed by atoms with Crippen LogP contribution in [0.25, 0.3) is 33.4 Å². The summed E-state index contributed by atoms with van der Waals surface area (Å²) in [7, 11) is 0. The summed E-state index contributed by atoms with van der Waals surface area (Å²) in [6, 6.07) is 19.3. The number of benzene rings is 3. The second-order valence-electron chi connectivity index (χ2n) is 9.40. The fraction of sp³-hybridized carbons (Fsp3) is 0.200. The number of hydrogen-bond acceptors (Lipinski definition) is 5. The Labute approximate surface area is 225 Å². The molecule has 9 nitrogen and oxygen atoms in total. The number of hydrogen-bond donors (Lipinski definition) is 2.